The summed E-state index contributed by atoms with van der Waals surface area (Å²) in [7, 11) is 0. The van der Waals surface area contributed by atoms with Crippen LogP contribution in [0, 0.1) is 0 Å². The summed E-state index contributed by atoms with van der Waals surface area (Å²) in [6.45, 7) is 0.899. The Hall–Kier alpha value is -1.07. The fraction of sp³-hybridized carbons (Fsp3) is 0.455. The van der Waals surface area contributed by atoms with Gasteiger partial charge >= 0.3 is 6.18 Å². The van der Waals surface area contributed by atoms with Crippen LogP contribution in [-0.2, 0) is 16.5 Å². The van der Waals surface area contributed by atoms with Gasteiger partial charge in [0, 0.05) is 13.0 Å². The second kappa shape index (κ2) is 3.75. The minimum Gasteiger partial charge on any atom is -0.369 e. The number of benzene rings is 1. The van der Waals surface area contributed by atoms with Gasteiger partial charge in [0.05, 0.1) is 12.2 Å². The lowest BCUT2D eigenvalue weighted by molar-refractivity contribution is -0.147. The maximum atomic E-state index is 12.3. The normalized spacial score (nSPS) is 25.2. The molecule has 0 saturated carbocycles. The summed E-state index contributed by atoms with van der Waals surface area (Å²) in [5.74, 6) is 0. The van der Waals surface area contributed by atoms with E-state index in [-0.39, 0.29) is 0 Å². The lowest BCUT2D eigenvalue weighted by Gasteiger charge is -2.41. The molecular formula is C11H12F3NO. The Morgan fingerprint density at radius 3 is 2.12 bits per heavy atom. The van der Waals surface area contributed by atoms with Crippen LogP contribution in [0.1, 0.15) is 17.5 Å². The Kier molecular flexibility index (Phi) is 2.67. The van der Waals surface area contributed by atoms with E-state index >= 15 is 0 Å². The number of rotatable bonds is 2. The maximum absolute atomic E-state index is 12.3. The van der Waals surface area contributed by atoms with E-state index < -0.39 is 17.3 Å². The molecule has 1 aromatic carbocycles. The summed E-state index contributed by atoms with van der Waals surface area (Å²) < 4.78 is 42.4. The van der Waals surface area contributed by atoms with E-state index in [0.717, 1.165) is 18.6 Å². The number of halogens is 3. The molecule has 88 valence electrons. The summed E-state index contributed by atoms with van der Waals surface area (Å²) >= 11 is 0. The van der Waals surface area contributed by atoms with Crippen LogP contribution in [-0.4, -0.2) is 13.2 Å². The van der Waals surface area contributed by atoms with Crippen molar-refractivity contribution < 1.29 is 17.9 Å². The molecule has 1 heterocycles. The molecule has 2 N–H and O–H groups in total. The molecule has 0 bridgehead atoms. The zero-order valence-electron chi connectivity index (χ0n) is 8.55. The maximum Gasteiger partial charge on any atom is 0.416 e. The molecule has 5 heteroatoms. The molecule has 0 aliphatic carbocycles. The lowest BCUT2D eigenvalue weighted by Crippen LogP contribution is -2.47. The molecule has 1 aromatic rings. The van der Waals surface area contributed by atoms with E-state index in [1.54, 1.807) is 0 Å². The van der Waals surface area contributed by atoms with E-state index in [0.29, 0.717) is 18.7 Å². The number of alkyl halides is 3. The van der Waals surface area contributed by atoms with Crippen molar-refractivity contribution in [3.63, 3.8) is 0 Å². The lowest BCUT2D eigenvalue weighted by atomic mass is 9.86. The Morgan fingerprint density at radius 1 is 1.25 bits per heavy atom. The van der Waals surface area contributed by atoms with Crippen LogP contribution in [0.15, 0.2) is 24.3 Å². The molecule has 2 rings (SSSR count). The Labute approximate surface area is 91.2 Å². The Morgan fingerprint density at radius 2 is 1.81 bits per heavy atom. The van der Waals surface area contributed by atoms with Gasteiger partial charge in [0.15, 0.2) is 0 Å². The van der Waals surface area contributed by atoms with Gasteiger partial charge in [0.25, 0.3) is 0 Å². The summed E-state index contributed by atoms with van der Waals surface area (Å²) in [4.78, 5) is 0. The average molecular weight is 231 g/mol. The summed E-state index contributed by atoms with van der Waals surface area (Å²) in [5.41, 5.74) is 5.08. The standard InChI is InChI=1S/C11H12F3NO/c12-11(13,14)9-3-1-8(2-4-9)10(7-15)5-6-16-10/h1-4H,5-7,15H2. The first-order valence-electron chi connectivity index (χ1n) is 5.00. The molecule has 0 radical (unpaired) electrons. The molecule has 16 heavy (non-hydrogen) atoms. The number of ether oxygens (including phenoxy) is 1. The van der Waals surface area contributed by atoms with E-state index in [1.807, 2.05) is 0 Å². The zero-order chi connectivity index (χ0) is 11.8. The Balaban J connectivity index is 2.26. The highest BCUT2D eigenvalue weighted by atomic mass is 19.4. The van der Waals surface area contributed by atoms with Crippen molar-refractivity contribution in [2.45, 2.75) is 18.2 Å². The second-order valence-corrected chi connectivity index (χ2v) is 3.87. The molecule has 1 saturated heterocycles. The van der Waals surface area contributed by atoms with Crippen LogP contribution in [0.2, 0.25) is 0 Å². The number of nitrogens with two attached hydrogens (primary N) is 1. The fourth-order valence-electron chi connectivity index (χ4n) is 1.82. The molecule has 1 unspecified atom stereocenters. The molecule has 1 fully saturated rings. The van der Waals surface area contributed by atoms with Gasteiger partial charge in [-0.1, -0.05) is 12.1 Å². The summed E-state index contributed by atoms with van der Waals surface area (Å²) in [6, 6.07) is 5.01. The fourth-order valence-corrected chi connectivity index (χ4v) is 1.82. The van der Waals surface area contributed by atoms with Gasteiger partial charge in [-0.25, -0.2) is 0 Å². The quantitative estimate of drug-likeness (QED) is 0.847. The third kappa shape index (κ3) is 1.81. The van der Waals surface area contributed by atoms with Crippen LogP contribution in [0.3, 0.4) is 0 Å². The minimum absolute atomic E-state index is 0.290. The monoisotopic (exact) mass is 231 g/mol. The molecule has 0 aromatic heterocycles. The van der Waals surface area contributed by atoms with Crippen molar-refractivity contribution in [2.75, 3.05) is 13.2 Å². The van der Waals surface area contributed by atoms with Crippen molar-refractivity contribution >= 4 is 0 Å². The Bertz CT molecular complexity index is 362. The van der Waals surface area contributed by atoms with Crippen LogP contribution >= 0.6 is 0 Å². The van der Waals surface area contributed by atoms with Crippen molar-refractivity contribution in [2.24, 2.45) is 5.73 Å². The predicted molar refractivity (Wildman–Crippen MR) is 52.7 cm³/mol. The summed E-state index contributed by atoms with van der Waals surface area (Å²) in [5, 5.41) is 0. The highest BCUT2D eigenvalue weighted by Crippen LogP contribution is 2.37. The molecule has 1 atom stereocenters. The first-order chi connectivity index (χ1) is 7.48. The third-order valence-corrected chi connectivity index (χ3v) is 2.95. The summed E-state index contributed by atoms with van der Waals surface area (Å²) in [6.07, 6.45) is -3.54. The van der Waals surface area contributed by atoms with Crippen LogP contribution in [0.4, 0.5) is 13.2 Å². The highest BCUT2D eigenvalue weighted by molar-refractivity contribution is 5.30. The van der Waals surface area contributed by atoms with Gasteiger partial charge in [-0.15, -0.1) is 0 Å². The third-order valence-electron chi connectivity index (χ3n) is 2.95. The van der Waals surface area contributed by atoms with Crippen molar-refractivity contribution in [3.05, 3.63) is 35.4 Å². The van der Waals surface area contributed by atoms with Crippen LogP contribution in [0.25, 0.3) is 0 Å². The number of hydrogen-bond donors (Lipinski definition) is 1. The molecule has 0 spiro atoms. The van der Waals surface area contributed by atoms with E-state index in [4.69, 9.17) is 10.5 Å². The molecule has 1 aliphatic rings. The van der Waals surface area contributed by atoms with Gasteiger partial charge in [0.2, 0.25) is 0 Å². The second-order valence-electron chi connectivity index (χ2n) is 3.87. The SMILES string of the molecule is NCC1(c2ccc(C(F)(F)F)cc2)CCO1. The van der Waals surface area contributed by atoms with Crippen LogP contribution in [0.5, 0.6) is 0 Å². The van der Waals surface area contributed by atoms with Crippen molar-refractivity contribution in [1.29, 1.82) is 0 Å². The van der Waals surface area contributed by atoms with Crippen molar-refractivity contribution in [3.8, 4) is 0 Å². The van der Waals surface area contributed by atoms with E-state index in [1.165, 1.54) is 12.1 Å². The van der Waals surface area contributed by atoms with E-state index in [2.05, 4.69) is 0 Å². The predicted octanol–water partition coefficient (Wildman–Crippen LogP) is 2.28. The molecule has 0 amide bonds. The van der Waals surface area contributed by atoms with Crippen molar-refractivity contribution in [1.82, 2.24) is 0 Å². The average Bonchev–Trinajstić information content (AvgIpc) is 2.16. The van der Waals surface area contributed by atoms with Gasteiger partial charge in [-0.3, -0.25) is 0 Å². The molecule has 1 aliphatic heterocycles. The molecule has 2 nitrogen and oxygen atoms in total. The molecular weight excluding hydrogens is 219 g/mol. The topological polar surface area (TPSA) is 35.2 Å². The van der Waals surface area contributed by atoms with Gasteiger partial charge in [-0.2, -0.15) is 13.2 Å². The van der Waals surface area contributed by atoms with Gasteiger partial charge < -0.3 is 10.5 Å². The first kappa shape index (κ1) is 11.4. The van der Waals surface area contributed by atoms with Gasteiger partial charge in [-0.05, 0) is 17.7 Å². The smallest absolute Gasteiger partial charge is 0.369 e. The minimum atomic E-state index is -4.30. The largest absolute Gasteiger partial charge is 0.416 e. The van der Waals surface area contributed by atoms with Gasteiger partial charge in [0.1, 0.15) is 5.60 Å². The first-order valence-corrected chi connectivity index (χ1v) is 5.00. The zero-order valence-corrected chi connectivity index (χ0v) is 8.55. The highest BCUT2D eigenvalue weighted by Gasteiger charge is 2.39. The number of hydrogen-bond acceptors (Lipinski definition) is 2. The van der Waals surface area contributed by atoms with E-state index in [9.17, 15) is 13.2 Å². The van der Waals surface area contributed by atoms with Crippen LogP contribution < -0.4 is 5.73 Å².